The number of aromatic nitrogens is 1. The fourth-order valence-corrected chi connectivity index (χ4v) is 2.11. The van der Waals surface area contributed by atoms with Crippen LogP contribution >= 0.6 is 11.8 Å². The second-order valence-corrected chi connectivity index (χ2v) is 4.49. The molecule has 0 aliphatic carbocycles. The molecule has 1 aromatic heterocycles. The number of thioether (sulfide) groups is 1. The van der Waals surface area contributed by atoms with Gasteiger partial charge in [0.05, 0.1) is 5.75 Å². The van der Waals surface area contributed by atoms with Crippen LogP contribution in [-0.2, 0) is 5.75 Å². The van der Waals surface area contributed by atoms with Crippen LogP contribution in [-0.4, -0.2) is 16.2 Å². The first-order chi connectivity index (χ1) is 8.69. The number of phenolic OH excluding ortho intramolecular Hbond substituents is 1. The molecule has 0 fully saturated rings. The Morgan fingerprint density at radius 1 is 1.50 bits per heavy atom. The van der Waals surface area contributed by atoms with E-state index in [2.05, 4.69) is 5.16 Å². The lowest BCUT2D eigenvalue weighted by atomic mass is 10.3. The zero-order valence-electron chi connectivity index (χ0n) is 9.29. The quantitative estimate of drug-likeness (QED) is 0.333. The van der Waals surface area contributed by atoms with Crippen molar-refractivity contribution >= 4 is 17.7 Å². The second kappa shape index (κ2) is 5.56. The average molecular weight is 265 g/mol. The highest BCUT2D eigenvalue weighted by Crippen LogP contribution is 2.25. The highest BCUT2D eigenvalue weighted by Gasteiger charge is 2.11. The third-order valence-corrected chi connectivity index (χ3v) is 3.14. The summed E-state index contributed by atoms with van der Waals surface area (Å²) in [6.07, 6.45) is 0. The van der Waals surface area contributed by atoms with Crippen LogP contribution in [0.2, 0.25) is 0 Å². The number of nitrogen functional groups attached to an aromatic ring is 1. The number of hydrogen-bond donors (Lipinski definition) is 3. The zero-order valence-corrected chi connectivity index (χ0v) is 10.1. The van der Waals surface area contributed by atoms with E-state index in [4.69, 9.17) is 10.4 Å². The summed E-state index contributed by atoms with van der Waals surface area (Å²) in [5.74, 6) is 5.76. The van der Waals surface area contributed by atoms with Crippen LogP contribution < -0.4 is 11.3 Å². The lowest BCUT2D eigenvalue weighted by molar-refractivity contribution is 0.0944. The third-order valence-electron chi connectivity index (χ3n) is 2.12. The molecule has 1 amide bonds. The Labute approximate surface area is 107 Å². The van der Waals surface area contributed by atoms with Gasteiger partial charge in [-0.1, -0.05) is 11.2 Å². The van der Waals surface area contributed by atoms with E-state index in [9.17, 15) is 9.90 Å². The number of carbonyl (C=O) groups is 1. The van der Waals surface area contributed by atoms with E-state index in [0.29, 0.717) is 11.5 Å². The van der Waals surface area contributed by atoms with Crippen molar-refractivity contribution in [3.05, 3.63) is 41.8 Å². The van der Waals surface area contributed by atoms with Gasteiger partial charge in [-0.05, 0) is 18.2 Å². The molecule has 1 aromatic carbocycles. The summed E-state index contributed by atoms with van der Waals surface area (Å²) in [5.41, 5.74) is 2.12. The molecule has 0 aliphatic rings. The standard InChI is InChI=1S/C11H11N3O3S/c12-13-11(16)10-5-8(17-14-10)6-18-9-3-1-2-7(15)4-9/h1-5,15H,6,12H2,(H,13,16). The molecule has 0 bridgehead atoms. The topological polar surface area (TPSA) is 101 Å². The number of nitrogens with zero attached hydrogens (tertiary/aromatic N) is 1. The Morgan fingerprint density at radius 2 is 2.33 bits per heavy atom. The Hall–Kier alpha value is -1.99. The molecular weight excluding hydrogens is 254 g/mol. The van der Waals surface area contributed by atoms with Crippen molar-refractivity contribution in [3.8, 4) is 5.75 Å². The van der Waals surface area contributed by atoms with Gasteiger partial charge in [0.2, 0.25) is 0 Å². The van der Waals surface area contributed by atoms with Gasteiger partial charge >= 0.3 is 0 Å². The van der Waals surface area contributed by atoms with Gasteiger partial charge in [-0.3, -0.25) is 10.2 Å². The first kappa shape index (κ1) is 12.5. The van der Waals surface area contributed by atoms with Crippen molar-refractivity contribution in [3.63, 3.8) is 0 Å². The van der Waals surface area contributed by atoms with E-state index in [1.165, 1.54) is 17.8 Å². The number of amides is 1. The molecule has 2 aromatic rings. The summed E-state index contributed by atoms with van der Waals surface area (Å²) < 4.78 is 4.99. The molecule has 2 rings (SSSR count). The molecule has 6 nitrogen and oxygen atoms in total. The molecule has 4 N–H and O–H groups in total. The molecule has 0 saturated heterocycles. The van der Waals surface area contributed by atoms with E-state index in [0.717, 1.165) is 4.90 Å². The van der Waals surface area contributed by atoms with Crippen LogP contribution in [0.4, 0.5) is 0 Å². The SMILES string of the molecule is NNC(=O)c1cc(CSc2cccc(O)c2)on1. The van der Waals surface area contributed by atoms with Crippen LogP contribution in [0.1, 0.15) is 16.2 Å². The summed E-state index contributed by atoms with van der Waals surface area (Å²) in [4.78, 5) is 12.0. The lowest BCUT2D eigenvalue weighted by Gasteiger charge is -1.98. The zero-order chi connectivity index (χ0) is 13.0. The number of hydrazine groups is 1. The molecule has 0 saturated carbocycles. The number of nitrogens with one attached hydrogen (secondary N) is 1. The van der Waals surface area contributed by atoms with Crippen LogP contribution in [0.25, 0.3) is 0 Å². The van der Waals surface area contributed by atoms with Crippen LogP contribution in [0.5, 0.6) is 5.75 Å². The molecule has 0 radical (unpaired) electrons. The number of phenols is 1. The monoisotopic (exact) mass is 265 g/mol. The number of aromatic hydroxyl groups is 1. The summed E-state index contributed by atoms with van der Waals surface area (Å²) >= 11 is 1.46. The number of nitrogens with two attached hydrogens (primary N) is 1. The Bertz CT molecular complexity index is 556. The first-order valence-electron chi connectivity index (χ1n) is 5.07. The Balaban J connectivity index is 1.98. The van der Waals surface area contributed by atoms with Crippen molar-refractivity contribution in [1.29, 1.82) is 0 Å². The minimum absolute atomic E-state index is 0.143. The molecule has 0 aliphatic heterocycles. The van der Waals surface area contributed by atoms with Gasteiger partial charge in [0.25, 0.3) is 5.91 Å². The molecule has 94 valence electrons. The van der Waals surface area contributed by atoms with Gasteiger partial charge in [-0.15, -0.1) is 11.8 Å². The maximum Gasteiger partial charge on any atom is 0.287 e. The van der Waals surface area contributed by atoms with E-state index in [1.807, 2.05) is 11.5 Å². The first-order valence-corrected chi connectivity index (χ1v) is 6.06. The van der Waals surface area contributed by atoms with Gasteiger partial charge in [-0.25, -0.2) is 5.84 Å². The minimum Gasteiger partial charge on any atom is -0.508 e. The summed E-state index contributed by atoms with van der Waals surface area (Å²) in [6.45, 7) is 0. The van der Waals surface area contributed by atoms with Crippen LogP contribution in [0.15, 0.2) is 39.8 Å². The molecule has 1 heterocycles. The normalized spacial score (nSPS) is 10.3. The minimum atomic E-state index is -0.493. The molecule has 0 unspecified atom stereocenters. The van der Waals surface area contributed by atoms with Gasteiger partial charge < -0.3 is 9.63 Å². The number of benzene rings is 1. The van der Waals surface area contributed by atoms with E-state index in [1.54, 1.807) is 18.2 Å². The maximum absolute atomic E-state index is 11.1. The largest absolute Gasteiger partial charge is 0.508 e. The smallest absolute Gasteiger partial charge is 0.287 e. The van der Waals surface area contributed by atoms with Gasteiger partial charge in [0, 0.05) is 11.0 Å². The fraction of sp³-hybridized carbons (Fsp3) is 0.0909. The summed E-state index contributed by atoms with van der Waals surface area (Å²) in [7, 11) is 0. The molecule has 0 atom stereocenters. The number of carbonyl (C=O) groups excluding carboxylic acids is 1. The lowest BCUT2D eigenvalue weighted by Crippen LogP contribution is -2.30. The van der Waals surface area contributed by atoms with Crippen molar-refractivity contribution in [1.82, 2.24) is 10.6 Å². The third kappa shape index (κ3) is 3.02. The van der Waals surface area contributed by atoms with E-state index >= 15 is 0 Å². The van der Waals surface area contributed by atoms with Gasteiger partial charge in [-0.2, -0.15) is 0 Å². The Kier molecular flexibility index (Phi) is 3.85. The molecule has 0 spiro atoms. The van der Waals surface area contributed by atoms with Crippen molar-refractivity contribution in [2.75, 3.05) is 0 Å². The van der Waals surface area contributed by atoms with E-state index in [-0.39, 0.29) is 11.4 Å². The summed E-state index contributed by atoms with van der Waals surface area (Å²) in [6, 6.07) is 8.40. The van der Waals surface area contributed by atoms with Crippen molar-refractivity contribution in [2.45, 2.75) is 10.6 Å². The molecular formula is C11H11N3O3S. The predicted octanol–water partition coefficient (Wildman–Crippen LogP) is 1.28. The number of hydrogen-bond acceptors (Lipinski definition) is 6. The summed E-state index contributed by atoms with van der Waals surface area (Å²) in [5, 5.41) is 12.9. The van der Waals surface area contributed by atoms with E-state index < -0.39 is 5.91 Å². The van der Waals surface area contributed by atoms with Gasteiger partial charge in [0.15, 0.2) is 5.69 Å². The predicted molar refractivity (Wildman–Crippen MR) is 65.8 cm³/mol. The maximum atomic E-state index is 11.1. The Morgan fingerprint density at radius 3 is 3.06 bits per heavy atom. The highest BCUT2D eigenvalue weighted by molar-refractivity contribution is 7.98. The van der Waals surface area contributed by atoms with Crippen LogP contribution in [0, 0.1) is 0 Å². The second-order valence-electron chi connectivity index (χ2n) is 3.44. The molecule has 7 heteroatoms. The van der Waals surface area contributed by atoms with Gasteiger partial charge in [0.1, 0.15) is 11.5 Å². The van der Waals surface area contributed by atoms with Crippen molar-refractivity contribution in [2.24, 2.45) is 5.84 Å². The number of rotatable bonds is 4. The molecule has 18 heavy (non-hydrogen) atoms. The highest BCUT2D eigenvalue weighted by atomic mass is 32.2. The van der Waals surface area contributed by atoms with Crippen molar-refractivity contribution < 1.29 is 14.4 Å². The van der Waals surface area contributed by atoms with Crippen LogP contribution in [0.3, 0.4) is 0 Å². The fourth-order valence-electron chi connectivity index (χ4n) is 1.29. The average Bonchev–Trinajstić information content (AvgIpc) is 2.84.